The molecule has 7 heteroatoms. The number of aryl methyl sites for hydroxylation is 2. The summed E-state index contributed by atoms with van der Waals surface area (Å²) in [6.45, 7) is 0.425. The minimum Gasteiger partial charge on any atom is -0.496 e. The number of H-pyrrole nitrogens is 1. The zero-order valence-corrected chi connectivity index (χ0v) is 15.8. The van der Waals surface area contributed by atoms with Crippen LogP contribution in [0, 0.1) is 4.77 Å². The molecule has 0 saturated heterocycles. The maximum atomic E-state index is 6.02. The normalized spacial score (nSPS) is 13.1. The zero-order valence-electron chi connectivity index (χ0n) is 15.0. The van der Waals surface area contributed by atoms with Gasteiger partial charge in [-0.3, -0.25) is 5.10 Å². The number of nitrogens with zero attached hydrogens (tertiary/aromatic N) is 3. The van der Waals surface area contributed by atoms with Crippen molar-refractivity contribution < 1.29 is 9.47 Å². The van der Waals surface area contributed by atoms with E-state index in [-0.39, 0.29) is 0 Å². The van der Waals surface area contributed by atoms with Crippen LogP contribution in [0.4, 0.5) is 0 Å². The van der Waals surface area contributed by atoms with Gasteiger partial charge in [0.05, 0.1) is 13.3 Å². The van der Waals surface area contributed by atoms with E-state index < -0.39 is 0 Å². The first kappa shape index (κ1) is 17.5. The monoisotopic (exact) mass is 380 g/mol. The van der Waals surface area contributed by atoms with Crippen LogP contribution in [0.1, 0.15) is 28.7 Å². The fourth-order valence-corrected chi connectivity index (χ4v) is 3.39. The second-order valence-corrected chi connectivity index (χ2v) is 6.78. The summed E-state index contributed by atoms with van der Waals surface area (Å²) in [5.41, 5.74) is 4.72. The number of aromatic amines is 1. The van der Waals surface area contributed by atoms with Crippen molar-refractivity contribution in [2.75, 3.05) is 7.11 Å². The second kappa shape index (κ2) is 7.75. The fraction of sp³-hybridized carbons (Fsp3) is 0.250. The number of hydrogen-bond acceptors (Lipinski definition) is 5. The van der Waals surface area contributed by atoms with Crippen LogP contribution >= 0.6 is 12.2 Å². The molecule has 1 aliphatic carbocycles. The van der Waals surface area contributed by atoms with Gasteiger partial charge in [-0.15, -0.1) is 0 Å². The van der Waals surface area contributed by atoms with E-state index in [1.165, 1.54) is 35.0 Å². The van der Waals surface area contributed by atoms with Crippen LogP contribution in [0.5, 0.6) is 11.5 Å². The van der Waals surface area contributed by atoms with Crippen molar-refractivity contribution in [1.29, 1.82) is 0 Å². The van der Waals surface area contributed by atoms with Crippen LogP contribution in [0.2, 0.25) is 0 Å². The first-order valence-electron chi connectivity index (χ1n) is 8.81. The summed E-state index contributed by atoms with van der Waals surface area (Å²) in [6.07, 6.45) is 6.79. The first-order chi connectivity index (χ1) is 13.2. The molecule has 0 saturated carbocycles. The van der Waals surface area contributed by atoms with Crippen LogP contribution in [-0.2, 0) is 19.4 Å². The summed E-state index contributed by atoms with van der Waals surface area (Å²) in [5, 5.41) is 10.8. The number of methoxy groups -OCH3 is 1. The first-order valence-corrected chi connectivity index (χ1v) is 9.21. The molecule has 0 spiro atoms. The molecule has 3 aromatic rings. The lowest BCUT2D eigenvalue weighted by Crippen LogP contribution is -2.01. The number of fused-ring (bicyclic) bond motifs is 1. The third-order valence-electron chi connectivity index (χ3n) is 4.64. The third-order valence-corrected chi connectivity index (χ3v) is 4.91. The third kappa shape index (κ3) is 3.93. The fourth-order valence-electron chi connectivity index (χ4n) is 3.24. The largest absolute Gasteiger partial charge is 0.496 e. The van der Waals surface area contributed by atoms with Crippen LogP contribution in [-0.4, -0.2) is 28.2 Å². The number of nitrogens with one attached hydrogen (secondary N) is 1. The van der Waals surface area contributed by atoms with Gasteiger partial charge in [0.15, 0.2) is 0 Å². The van der Waals surface area contributed by atoms with Gasteiger partial charge in [-0.1, -0.05) is 6.07 Å². The van der Waals surface area contributed by atoms with Crippen molar-refractivity contribution in [3.8, 4) is 11.5 Å². The molecule has 0 fully saturated rings. The maximum Gasteiger partial charge on any atom is 0.216 e. The van der Waals surface area contributed by atoms with Crippen LogP contribution < -0.4 is 9.47 Å². The molecular formula is C20H20N4O2S. The Morgan fingerprint density at radius 1 is 1.22 bits per heavy atom. The van der Waals surface area contributed by atoms with Crippen molar-refractivity contribution in [2.24, 2.45) is 5.10 Å². The van der Waals surface area contributed by atoms with E-state index >= 15 is 0 Å². The molecule has 4 rings (SSSR count). The Hall–Kier alpha value is -2.93. The zero-order chi connectivity index (χ0) is 18.6. The molecule has 0 aliphatic heterocycles. The van der Waals surface area contributed by atoms with E-state index in [4.69, 9.17) is 21.7 Å². The van der Waals surface area contributed by atoms with Crippen molar-refractivity contribution in [2.45, 2.75) is 25.9 Å². The van der Waals surface area contributed by atoms with Gasteiger partial charge in [-0.05, 0) is 78.5 Å². The topological polar surface area (TPSA) is 64.4 Å². The molecule has 1 aromatic heterocycles. The van der Waals surface area contributed by atoms with E-state index in [0.717, 1.165) is 29.0 Å². The lowest BCUT2D eigenvalue weighted by Gasteiger charge is -2.12. The highest BCUT2D eigenvalue weighted by Gasteiger charge is 2.12. The summed E-state index contributed by atoms with van der Waals surface area (Å²) >= 11 is 5.09. The lowest BCUT2D eigenvalue weighted by atomic mass is 10.1. The van der Waals surface area contributed by atoms with E-state index in [9.17, 15) is 0 Å². The molecule has 2 aromatic carbocycles. The number of hydrogen-bond donors (Lipinski definition) is 1. The molecule has 1 N–H and O–H groups in total. The molecule has 1 heterocycles. The summed E-state index contributed by atoms with van der Waals surface area (Å²) in [5.74, 6) is 1.68. The Balaban J connectivity index is 1.51. The SMILES string of the molecule is COc1ccc(/C=N/n2cn[nH]c2=S)cc1COc1ccc2c(c1)CCC2. The Labute approximate surface area is 162 Å². The van der Waals surface area contributed by atoms with Crippen molar-refractivity contribution in [3.05, 3.63) is 69.8 Å². The lowest BCUT2D eigenvalue weighted by molar-refractivity contribution is 0.296. The van der Waals surface area contributed by atoms with Gasteiger partial charge < -0.3 is 9.47 Å². The minimum atomic E-state index is 0.425. The number of ether oxygens (including phenoxy) is 2. The molecule has 138 valence electrons. The Kier molecular flexibility index (Phi) is 5.02. The molecule has 0 atom stereocenters. The molecule has 0 unspecified atom stereocenters. The van der Waals surface area contributed by atoms with E-state index in [1.54, 1.807) is 13.3 Å². The number of rotatable bonds is 6. The average molecular weight is 380 g/mol. The highest BCUT2D eigenvalue weighted by Crippen LogP contribution is 2.27. The van der Waals surface area contributed by atoms with E-state index in [2.05, 4.69) is 27.4 Å². The van der Waals surface area contributed by atoms with Gasteiger partial charge in [0.1, 0.15) is 24.4 Å². The second-order valence-electron chi connectivity index (χ2n) is 6.39. The predicted molar refractivity (Wildman–Crippen MR) is 106 cm³/mol. The Bertz CT molecular complexity index is 1040. The smallest absolute Gasteiger partial charge is 0.216 e. The van der Waals surface area contributed by atoms with Gasteiger partial charge >= 0.3 is 0 Å². The maximum absolute atomic E-state index is 6.02. The standard InChI is InChI=1S/C20H20N4O2S/c1-25-19-8-5-14(11-22-24-13-21-23-20(24)27)9-17(19)12-26-18-7-6-15-3-2-4-16(15)10-18/h5-11,13H,2-4,12H2,1H3,(H,23,27)/b22-11+. The summed E-state index contributed by atoms with van der Waals surface area (Å²) in [4.78, 5) is 0. The summed E-state index contributed by atoms with van der Waals surface area (Å²) in [6, 6.07) is 12.2. The van der Waals surface area contributed by atoms with Crippen LogP contribution in [0.25, 0.3) is 0 Å². The average Bonchev–Trinajstić information content (AvgIpc) is 3.32. The van der Waals surface area contributed by atoms with Gasteiger partial charge in [0.25, 0.3) is 0 Å². The summed E-state index contributed by atoms with van der Waals surface area (Å²) in [7, 11) is 1.66. The van der Waals surface area contributed by atoms with Crippen LogP contribution in [0.3, 0.4) is 0 Å². The van der Waals surface area contributed by atoms with Crippen molar-refractivity contribution >= 4 is 18.4 Å². The number of aromatic nitrogens is 3. The minimum absolute atomic E-state index is 0.425. The van der Waals surface area contributed by atoms with Gasteiger partial charge in [0, 0.05) is 5.56 Å². The predicted octanol–water partition coefficient (Wildman–Crippen LogP) is 3.90. The highest BCUT2D eigenvalue weighted by atomic mass is 32.1. The highest BCUT2D eigenvalue weighted by molar-refractivity contribution is 7.71. The quantitative estimate of drug-likeness (QED) is 0.520. The number of benzene rings is 2. The summed E-state index contributed by atoms with van der Waals surface area (Å²) < 4.78 is 13.4. The molecular weight excluding hydrogens is 360 g/mol. The van der Waals surface area contributed by atoms with E-state index in [1.807, 2.05) is 24.3 Å². The van der Waals surface area contributed by atoms with Gasteiger partial charge in [0.2, 0.25) is 4.77 Å². The van der Waals surface area contributed by atoms with Crippen molar-refractivity contribution in [3.63, 3.8) is 0 Å². The Morgan fingerprint density at radius 3 is 2.93 bits per heavy atom. The Morgan fingerprint density at radius 2 is 2.11 bits per heavy atom. The molecule has 0 bridgehead atoms. The van der Waals surface area contributed by atoms with Crippen LogP contribution in [0.15, 0.2) is 47.8 Å². The molecule has 27 heavy (non-hydrogen) atoms. The molecule has 0 amide bonds. The molecule has 1 aliphatic rings. The van der Waals surface area contributed by atoms with Gasteiger partial charge in [-0.2, -0.15) is 14.9 Å². The van der Waals surface area contributed by atoms with Gasteiger partial charge in [-0.25, -0.2) is 0 Å². The molecule has 0 radical (unpaired) electrons. The molecule has 6 nitrogen and oxygen atoms in total. The van der Waals surface area contributed by atoms with Crippen molar-refractivity contribution in [1.82, 2.24) is 14.9 Å². The van der Waals surface area contributed by atoms with E-state index in [0.29, 0.717) is 11.4 Å².